The van der Waals surface area contributed by atoms with Crippen molar-refractivity contribution in [2.75, 3.05) is 27.2 Å². The Morgan fingerprint density at radius 1 is 1.36 bits per heavy atom. The van der Waals surface area contributed by atoms with Crippen LogP contribution in [-0.2, 0) is 12.0 Å². The van der Waals surface area contributed by atoms with Crippen molar-refractivity contribution in [2.45, 2.75) is 18.4 Å². The van der Waals surface area contributed by atoms with Crippen molar-refractivity contribution in [3.8, 4) is 0 Å². The molecule has 0 aromatic heterocycles. The highest BCUT2D eigenvalue weighted by Gasteiger charge is 2.36. The van der Waals surface area contributed by atoms with E-state index in [2.05, 4.69) is 20.5 Å². The maximum Gasteiger partial charge on any atom is 0.417 e. The second kappa shape index (κ2) is 7.63. The molecule has 2 rings (SSSR count). The Hall–Kier alpha value is -1.77. The van der Waals surface area contributed by atoms with Crippen LogP contribution in [0.15, 0.2) is 35.1 Å². The van der Waals surface area contributed by atoms with Crippen LogP contribution in [0.2, 0.25) is 5.02 Å². The predicted octanol–water partition coefficient (Wildman–Crippen LogP) is 2.48. The van der Waals surface area contributed by atoms with E-state index in [0.29, 0.717) is 12.4 Å². The first-order chi connectivity index (χ1) is 11.6. The summed E-state index contributed by atoms with van der Waals surface area (Å²) in [5.41, 5.74) is 5.40. The Labute approximate surface area is 149 Å². The summed E-state index contributed by atoms with van der Waals surface area (Å²) in [6.07, 6.45) is -0.515. The average Bonchev–Trinajstić information content (AvgIpc) is 2.50. The van der Waals surface area contributed by atoms with Crippen molar-refractivity contribution >= 4 is 17.8 Å². The number of alkyl halides is 3. The van der Waals surface area contributed by atoms with Crippen LogP contribution < -0.4 is 16.4 Å². The summed E-state index contributed by atoms with van der Waals surface area (Å²) in [6, 6.07) is 3.52. The van der Waals surface area contributed by atoms with Gasteiger partial charge in [0.15, 0.2) is 0 Å². The van der Waals surface area contributed by atoms with Gasteiger partial charge in [-0.3, -0.25) is 5.73 Å². The SMILES string of the molecule is CN(C)CCCNC1=CC=NC(N)(c2ccc(Cl)c(C(F)(F)F)c2)N1. The van der Waals surface area contributed by atoms with Crippen LogP contribution in [0.3, 0.4) is 0 Å². The van der Waals surface area contributed by atoms with Crippen molar-refractivity contribution in [1.82, 2.24) is 15.5 Å². The molecule has 1 unspecified atom stereocenters. The van der Waals surface area contributed by atoms with E-state index in [9.17, 15) is 13.2 Å². The molecule has 1 aliphatic heterocycles. The van der Waals surface area contributed by atoms with Gasteiger partial charge in [0.1, 0.15) is 5.82 Å². The third-order valence-corrected chi connectivity index (χ3v) is 3.98. The topological polar surface area (TPSA) is 65.7 Å². The standard InChI is InChI=1S/C16H21ClF3N5/c1-25(2)9-3-7-22-14-6-8-23-16(21,24-14)11-4-5-13(17)12(10-11)15(18,19)20/h4-6,8,10,22,24H,3,7,9,21H2,1-2H3. The number of allylic oxidation sites excluding steroid dienone is 1. The molecule has 1 heterocycles. The maximum atomic E-state index is 13.1. The highest BCUT2D eigenvalue weighted by Crippen LogP contribution is 2.36. The van der Waals surface area contributed by atoms with Crippen LogP contribution in [0.1, 0.15) is 17.5 Å². The number of benzene rings is 1. The lowest BCUT2D eigenvalue weighted by Crippen LogP contribution is -2.52. The van der Waals surface area contributed by atoms with Crippen LogP contribution in [-0.4, -0.2) is 38.3 Å². The maximum absolute atomic E-state index is 13.1. The van der Waals surface area contributed by atoms with E-state index < -0.39 is 17.5 Å². The molecule has 138 valence electrons. The minimum absolute atomic E-state index is 0.168. The molecule has 0 radical (unpaired) electrons. The Bertz CT molecular complexity index is 672. The molecule has 0 bridgehead atoms. The number of halogens is 4. The number of nitrogens with zero attached hydrogens (tertiary/aromatic N) is 2. The molecule has 1 aromatic carbocycles. The minimum atomic E-state index is -4.56. The molecule has 0 saturated heterocycles. The molecule has 1 aromatic rings. The van der Waals surface area contributed by atoms with Crippen molar-refractivity contribution in [3.05, 3.63) is 46.2 Å². The summed E-state index contributed by atoms with van der Waals surface area (Å²) in [7, 11) is 3.96. The first-order valence-electron chi connectivity index (χ1n) is 7.70. The van der Waals surface area contributed by atoms with Crippen LogP contribution in [0.5, 0.6) is 0 Å². The molecule has 0 amide bonds. The summed E-state index contributed by atoms with van der Waals surface area (Å²) < 4.78 is 39.2. The zero-order valence-corrected chi connectivity index (χ0v) is 14.7. The lowest BCUT2D eigenvalue weighted by molar-refractivity contribution is -0.137. The normalized spacial score (nSPS) is 20.4. The van der Waals surface area contributed by atoms with E-state index in [1.54, 1.807) is 6.08 Å². The van der Waals surface area contributed by atoms with Gasteiger partial charge in [0.05, 0.1) is 10.6 Å². The lowest BCUT2D eigenvalue weighted by Gasteiger charge is -2.32. The molecule has 0 fully saturated rings. The summed E-state index contributed by atoms with van der Waals surface area (Å²) in [4.78, 5) is 6.16. The van der Waals surface area contributed by atoms with E-state index in [0.717, 1.165) is 19.0 Å². The molecule has 0 aliphatic carbocycles. The number of hydrogen-bond acceptors (Lipinski definition) is 5. The van der Waals surface area contributed by atoms with Gasteiger partial charge in [-0.15, -0.1) is 0 Å². The summed E-state index contributed by atoms with van der Waals surface area (Å²) >= 11 is 5.66. The largest absolute Gasteiger partial charge is 0.417 e. The van der Waals surface area contributed by atoms with Crippen LogP contribution in [0.25, 0.3) is 0 Å². The highest BCUT2D eigenvalue weighted by atomic mass is 35.5. The average molecular weight is 376 g/mol. The molecular formula is C16H21ClF3N5. The van der Waals surface area contributed by atoms with Gasteiger partial charge in [-0.2, -0.15) is 13.2 Å². The van der Waals surface area contributed by atoms with Crippen LogP contribution in [0, 0.1) is 0 Å². The van der Waals surface area contributed by atoms with Gasteiger partial charge in [-0.05, 0) is 45.3 Å². The molecule has 25 heavy (non-hydrogen) atoms. The first-order valence-corrected chi connectivity index (χ1v) is 8.08. The second-order valence-corrected chi connectivity index (χ2v) is 6.43. The first kappa shape index (κ1) is 19.6. The van der Waals surface area contributed by atoms with Gasteiger partial charge in [-0.25, -0.2) is 4.99 Å². The number of nitrogens with one attached hydrogen (secondary N) is 2. The van der Waals surface area contributed by atoms with E-state index >= 15 is 0 Å². The fraction of sp³-hybridized carbons (Fsp3) is 0.438. The molecule has 4 N–H and O–H groups in total. The Morgan fingerprint density at radius 2 is 2.08 bits per heavy atom. The van der Waals surface area contributed by atoms with Crippen molar-refractivity contribution in [1.29, 1.82) is 0 Å². The van der Waals surface area contributed by atoms with E-state index in [1.807, 2.05) is 14.1 Å². The second-order valence-electron chi connectivity index (χ2n) is 6.03. The van der Waals surface area contributed by atoms with Gasteiger partial charge in [0, 0.05) is 18.3 Å². The number of nitrogens with two attached hydrogens (primary N) is 1. The summed E-state index contributed by atoms with van der Waals surface area (Å²) in [5, 5.41) is 5.72. The van der Waals surface area contributed by atoms with E-state index in [-0.39, 0.29) is 10.6 Å². The molecular weight excluding hydrogens is 355 g/mol. The molecule has 0 saturated carbocycles. The Kier molecular flexibility index (Phi) is 5.97. The van der Waals surface area contributed by atoms with Gasteiger partial charge in [0.25, 0.3) is 0 Å². The van der Waals surface area contributed by atoms with E-state index in [4.69, 9.17) is 17.3 Å². The number of aliphatic imine (C=N–C) groups is 1. The molecule has 1 aliphatic rings. The summed E-state index contributed by atoms with van der Waals surface area (Å²) in [6.45, 7) is 1.60. The van der Waals surface area contributed by atoms with Crippen molar-refractivity contribution in [2.24, 2.45) is 10.7 Å². The van der Waals surface area contributed by atoms with Gasteiger partial charge < -0.3 is 15.5 Å². The fourth-order valence-corrected chi connectivity index (χ4v) is 2.58. The minimum Gasteiger partial charge on any atom is -0.372 e. The van der Waals surface area contributed by atoms with Crippen molar-refractivity contribution < 1.29 is 13.2 Å². The van der Waals surface area contributed by atoms with Crippen molar-refractivity contribution in [3.63, 3.8) is 0 Å². The zero-order valence-electron chi connectivity index (χ0n) is 14.0. The molecule has 9 heteroatoms. The number of rotatable bonds is 6. The quantitative estimate of drug-likeness (QED) is 0.668. The number of hydrogen-bond donors (Lipinski definition) is 3. The molecule has 0 spiro atoms. The van der Waals surface area contributed by atoms with Gasteiger partial charge >= 0.3 is 6.18 Å². The third-order valence-electron chi connectivity index (χ3n) is 3.65. The molecule has 1 atom stereocenters. The smallest absolute Gasteiger partial charge is 0.372 e. The fourth-order valence-electron chi connectivity index (χ4n) is 2.36. The zero-order chi connectivity index (χ0) is 18.7. The van der Waals surface area contributed by atoms with Gasteiger partial charge in [-0.1, -0.05) is 17.7 Å². The third kappa shape index (κ3) is 5.10. The predicted molar refractivity (Wildman–Crippen MR) is 93.2 cm³/mol. The monoisotopic (exact) mass is 375 g/mol. The Balaban J connectivity index is 2.12. The highest BCUT2D eigenvalue weighted by molar-refractivity contribution is 6.31. The van der Waals surface area contributed by atoms with Crippen LogP contribution >= 0.6 is 11.6 Å². The Morgan fingerprint density at radius 3 is 2.72 bits per heavy atom. The van der Waals surface area contributed by atoms with Crippen LogP contribution in [0.4, 0.5) is 13.2 Å². The van der Waals surface area contributed by atoms with Gasteiger partial charge in [0.2, 0.25) is 5.79 Å². The summed E-state index contributed by atoms with van der Waals surface area (Å²) in [5.74, 6) is -0.900. The molecule has 5 nitrogen and oxygen atoms in total. The van der Waals surface area contributed by atoms with E-state index in [1.165, 1.54) is 18.3 Å². The lowest BCUT2D eigenvalue weighted by atomic mass is 10.0.